The van der Waals surface area contributed by atoms with Crippen LogP contribution in [-0.2, 0) is 4.79 Å². The molecule has 1 fully saturated rings. The number of aromatic nitrogens is 4. The van der Waals surface area contributed by atoms with E-state index in [0.717, 1.165) is 18.5 Å². The average Bonchev–Trinajstić information content (AvgIpc) is 3.33. The summed E-state index contributed by atoms with van der Waals surface area (Å²) in [6.07, 6.45) is 4.54. The summed E-state index contributed by atoms with van der Waals surface area (Å²) >= 11 is 1.32. The number of rotatable bonds is 5. The highest BCUT2D eigenvalue weighted by molar-refractivity contribution is 7.99. The number of benzene rings is 1. The maximum absolute atomic E-state index is 12.0. The van der Waals surface area contributed by atoms with Gasteiger partial charge >= 0.3 is 0 Å². The van der Waals surface area contributed by atoms with E-state index >= 15 is 0 Å². The van der Waals surface area contributed by atoms with Crippen LogP contribution in [0.1, 0.15) is 25.7 Å². The Morgan fingerprint density at radius 2 is 2.12 bits per heavy atom. The van der Waals surface area contributed by atoms with E-state index in [1.54, 1.807) is 4.68 Å². The van der Waals surface area contributed by atoms with Gasteiger partial charge in [0.15, 0.2) is 11.5 Å². The molecular formula is C15H17N5O3S. The van der Waals surface area contributed by atoms with E-state index in [4.69, 9.17) is 9.47 Å². The van der Waals surface area contributed by atoms with Crippen molar-refractivity contribution in [3.8, 4) is 17.2 Å². The van der Waals surface area contributed by atoms with Crippen LogP contribution in [0.25, 0.3) is 5.69 Å². The molecule has 1 aromatic carbocycles. The number of carbonyl (C=O) groups excluding carboxylic acids is 1. The van der Waals surface area contributed by atoms with Crippen molar-refractivity contribution in [2.24, 2.45) is 0 Å². The monoisotopic (exact) mass is 347 g/mol. The normalized spacial score (nSPS) is 16.5. The first kappa shape index (κ1) is 15.3. The number of amides is 1. The summed E-state index contributed by atoms with van der Waals surface area (Å²) in [5.74, 6) is 1.68. The van der Waals surface area contributed by atoms with Crippen LogP contribution in [0.15, 0.2) is 23.4 Å². The van der Waals surface area contributed by atoms with E-state index in [1.807, 2.05) is 18.2 Å². The molecule has 0 bridgehead atoms. The molecule has 9 heteroatoms. The summed E-state index contributed by atoms with van der Waals surface area (Å²) in [6, 6.07) is 5.82. The molecule has 0 saturated heterocycles. The molecule has 0 atom stereocenters. The van der Waals surface area contributed by atoms with Gasteiger partial charge in [-0.05, 0) is 35.4 Å². The molecule has 126 valence electrons. The predicted molar refractivity (Wildman–Crippen MR) is 86.4 cm³/mol. The third kappa shape index (κ3) is 3.16. The van der Waals surface area contributed by atoms with Gasteiger partial charge < -0.3 is 14.8 Å². The third-order valence-corrected chi connectivity index (χ3v) is 5.01. The first-order valence-corrected chi connectivity index (χ1v) is 8.89. The van der Waals surface area contributed by atoms with Gasteiger partial charge in [0.1, 0.15) is 0 Å². The lowest BCUT2D eigenvalue weighted by Gasteiger charge is -2.11. The third-order valence-electron chi connectivity index (χ3n) is 4.09. The van der Waals surface area contributed by atoms with Crippen molar-refractivity contribution in [2.45, 2.75) is 36.9 Å². The second kappa shape index (κ2) is 6.68. The summed E-state index contributed by atoms with van der Waals surface area (Å²) in [4.78, 5) is 12.0. The minimum atomic E-state index is 0.0205. The minimum absolute atomic E-state index is 0.0205. The topological polar surface area (TPSA) is 91.2 Å². The minimum Gasteiger partial charge on any atom is -0.454 e. The Bertz CT molecular complexity index is 744. The number of hydrogen-bond donors (Lipinski definition) is 1. The van der Waals surface area contributed by atoms with Crippen molar-refractivity contribution in [3.05, 3.63) is 18.2 Å². The molecule has 2 aromatic rings. The van der Waals surface area contributed by atoms with Crippen LogP contribution in [0, 0.1) is 0 Å². The van der Waals surface area contributed by atoms with Crippen LogP contribution in [0.5, 0.6) is 11.5 Å². The lowest BCUT2D eigenvalue weighted by atomic mass is 10.2. The quantitative estimate of drug-likeness (QED) is 0.820. The van der Waals surface area contributed by atoms with Crippen LogP contribution < -0.4 is 14.8 Å². The van der Waals surface area contributed by atoms with Crippen LogP contribution in [0.3, 0.4) is 0 Å². The predicted octanol–water partition coefficient (Wildman–Crippen LogP) is 1.54. The SMILES string of the molecule is O=C(CSc1nnnn1-c1ccc2c(c1)OCO2)NC1CCCC1. The Morgan fingerprint density at radius 1 is 1.29 bits per heavy atom. The highest BCUT2D eigenvalue weighted by Gasteiger charge is 2.19. The zero-order valence-electron chi connectivity index (χ0n) is 13.0. The Balaban J connectivity index is 1.42. The molecule has 1 saturated carbocycles. The lowest BCUT2D eigenvalue weighted by molar-refractivity contribution is -0.119. The van der Waals surface area contributed by atoms with Gasteiger partial charge in [0, 0.05) is 12.1 Å². The van der Waals surface area contributed by atoms with Crippen molar-refractivity contribution >= 4 is 17.7 Å². The first-order chi connectivity index (χ1) is 11.8. The van der Waals surface area contributed by atoms with Gasteiger partial charge in [-0.15, -0.1) is 5.10 Å². The standard InChI is InChI=1S/C15H17N5O3S/c21-14(16-10-3-1-2-4-10)8-24-15-17-18-19-20(15)11-5-6-12-13(7-11)23-9-22-12/h5-7,10H,1-4,8-9H2,(H,16,21). The molecule has 0 radical (unpaired) electrons. The molecule has 1 aromatic heterocycles. The van der Waals surface area contributed by atoms with Crippen LogP contribution in [0.4, 0.5) is 0 Å². The number of thioether (sulfide) groups is 1. The fourth-order valence-corrected chi connectivity index (χ4v) is 3.62. The van der Waals surface area contributed by atoms with Gasteiger partial charge in [-0.1, -0.05) is 24.6 Å². The number of nitrogens with one attached hydrogen (secondary N) is 1. The van der Waals surface area contributed by atoms with E-state index in [0.29, 0.717) is 28.5 Å². The van der Waals surface area contributed by atoms with Gasteiger partial charge in [-0.2, -0.15) is 4.68 Å². The van der Waals surface area contributed by atoms with E-state index in [2.05, 4.69) is 20.8 Å². The zero-order valence-corrected chi connectivity index (χ0v) is 13.8. The Hall–Kier alpha value is -2.29. The maximum Gasteiger partial charge on any atom is 0.231 e. The Kier molecular flexibility index (Phi) is 4.24. The molecule has 4 rings (SSSR count). The molecule has 2 aliphatic rings. The van der Waals surface area contributed by atoms with E-state index in [-0.39, 0.29) is 12.7 Å². The van der Waals surface area contributed by atoms with E-state index < -0.39 is 0 Å². The average molecular weight is 347 g/mol. The number of hydrogen-bond acceptors (Lipinski definition) is 7. The second-order valence-corrected chi connectivity index (χ2v) is 6.69. The summed E-state index contributed by atoms with van der Waals surface area (Å²) in [5, 5.41) is 15.3. The molecule has 1 amide bonds. The first-order valence-electron chi connectivity index (χ1n) is 7.90. The molecule has 2 heterocycles. The van der Waals surface area contributed by atoms with Crippen molar-refractivity contribution < 1.29 is 14.3 Å². The lowest BCUT2D eigenvalue weighted by Crippen LogP contribution is -2.33. The van der Waals surface area contributed by atoms with Crippen LogP contribution in [0.2, 0.25) is 0 Å². The fraction of sp³-hybridized carbons (Fsp3) is 0.467. The smallest absolute Gasteiger partial charge is 0.231 e. The fourth-order valence-electron chi connectivity index (χ4n) is 2.92. The number of fused-ring (bicyclic) bond motifs is 1. The number of ether oxygens (including phenoxy) is 2. The molecule has 0 spiro atoms. The van der Waals surface area contributed by atoms with Gasteiger partial charge in [-0.25, -0.2) is 0 Å². The molecule has 24 heavy (non-hydrogen) atoms. The molecule has 1 N–H and O–H groups in total. The summed E-state index contributed by atoms with van der Waals surface area (Å²) < 4.78 is 12.3. The highest BCUT2D eigenvalue weighted by atomic mass is 32.2. The van der Waals surface area contributed by atoms with Crippen molar-refractivity contribution in [1.82, 2.24) is 25.5 Å². The Labute approximate surface area is 142 Å². The summed E-state index contributed by atoms with van der Waals surface area (Å²) in [5.41, 5.74) is 0.767. The van der Waals surface area contributed by atoms with E-state index in [1.165, 1.54) is 24.6 Å². The summed E-state index contributed by atoms with van der Waals surface area (Å²) in [6.45, 7) is 0.220. The zero-order chi connectivity index (χ0) is 16.4. The van der Waals surface area contributed by atoms with Gasteiger partial charge in [0.2, 0.25) is 17.9 Å². The highest BCUT2D eigenvalue weighted by Crippen LogP contribution is 2.34. The van der Waals surface area contributed by atoms with E-state index in [9.17, 15) is 4.79 Å². The Morgan fingerprint density at radius 3 is 3.00 bits per heavy atom. The second-order valence-electron chi connectivity index (χ2n) is 5.75. The largest absolute Gasteiger partial charge is 0.454 e. The van der Waals surface area contributed by atoms with Gasteiger partial charge in [-0.3, -0.25) is 4.79 Å². The maximum atomic E-state index is 12.0. The number of carbonyl (C=O) groups is 1. The molecule has 8 nitrogen and oxygen atoms in total. The molecule has 0 unspecified atom stereocenters. The van der Waals surface area contributed by atoms with Crippen LogP contribution >= 0.6 is 11.8 Å². The van der Waals surface area contributed by atoms with Crippen molar-refractivity contribution in [3.63, 3.8) is 0 Å². The number of tetrazole rings is 1. The van der Waals surface area contributed by atoms with Crippen molar-refractivity contribution in [1.29, 1.82) is 0 Å². The molecule has 1 aliphatic carbocycles. The van der Waals surface area contributed by atoms with Gasteiger partial charge in [0.05, 0.1) is 11.4 Å². The van der Waals surface area contributed by atoms with Gasteiger partial charge in [0.25, 0.3) is 0 Å². The number of nitrogens with zero attached hydrogens (tertiary/aromatic N) is 4. The van der Waals surface area contributed by atoms with Crippen molar-refractivity contribution in [2.75, 3.05) is 12.5 Å². The van der Waals surface area contributed by atoms with Crippen LogP contribution in [-0.4, -0.2) is 44.7 Å². The summed E-state index contributed by atoms with van der Waals surface area (Å²) in [7, 11) is 0. The molecule has 1 aliphatic heterocycles. The molecular weight excluding hydrogens is 330 g/mol.